The molecule has 1 fully saturated rings. The zero-order valence-electron chi connectivity index (χ0n) is 21.9. The average Bonchev–Trinajstić information content (AvgIpc) is 3.37. The van der Waals surface area contributed by atoms with E-state index in [1.807, 2.05) is 22.8 Å². The molecular formula is C29H32ClFN6O2. The van der Waals surface area contributed by atoms with Crippen molar-refractivity contribution >= 4 is 34.3 Å². The Hall–Kier alpha value is -3.82. The van der Waals surface area contributed by atoms with E-state index in [1.165, 1.54) is 0 Å². The summed E-state index contributed by atoms with van der Waals surface area (Å²) in [5, 5.41) is 18.0. The van der Waals surface area contributed by atoms with Crippen molar-refractivity contribution in [2.75, 3.05) is 12.4 Å². The molecule has 0 radical (unpaired) electrons. The third kappa shape index (κ3) is 5.51. The van der Waals surface area contributed by atoms with Crippen LogP contribution in [0.25, 0.3) is 16.6 Å². The molecule has 2 aromatic carbocycles. The maximum atomic E-state index is 14.0. The number of phenolic OH excluding ortho intramolecular Hbond substituents is 1. The summed E-state index contributed by atoms with van der Waals surface area (Å²) in [5.74, 6) is -0.456. The number of rotatable bonds is 7. The van der Waals surface area contributed by atoms with Gasteiger partial charge in [0, 0.05) is 36.0 Å². The van der Waals surface area contributed by atoms with Crippen molar-refractivity contribution < 1.29 is 14.2 Å². The predicted molar refractivity (Wildman–Crippen MR) is 154 cm³/mol. The molecule has 8 nitrogen and oxygen atoms in total. The summed E-state index contributed by atoms with van der Waals surface area (Å²) in [4.78, 5) is 4.40. The van der Waals surface area contributed by atoms with Gasteiger partial charge in [0.05, 0.1) is 40.8 Å². The number of hydrogen-bond acceptors (Lipinski definition) is 6. The van der Waals surface area contributed by atoms with Crippen molar-refractivity contribution in [3.05, 3.63) is 70.8 Å². The van der Waals surface area contributed by atoms with Crippen LogP contribution in [0.4, 0.5) is 15.8 Å². The second kappa shape index (κ2) is 11.1. The molecular weight excluding hydrogens is 519 g/mol. The molecule has 204 valence electrons. The molecule has 0 bridgehead atoms. The number of aromatic hydroxyl groups is 1. The van der Waals surface area contributed by atoms with Gasteiger partial charge in [-0.25, -0.2) is 13.9 Å². The topological polar surface area (TPSA) is 123 Å². The number of aromatic nitrogens is 2. The number of ether oxygens (including phenoxy) is 1. The van der Waals surface area contributed by atoms with Gasteiger partial charge < -0.3 is 26.6 Å². The van der Waals surface area contributed by atoms with Crippen LogP contribution in [0.5, 0.6) is 11.5 Å². The molecule has 0 spiro atoms. The van der Waals surface area contributed by atoms with Gasteiger partial charge in [-0.2, -0.15) is 5.10 Å². The van der Waals surface area contributed by atoms with Crippen LogP contribution in [-0.2, 0) is 6.42 Å². The van der Waals surface area contributed by atoms with Crippen molar-refractivity contribution in [2.45, 2.75) is 51.1 Å². The van der Waals surface area contributed by atoms with Gasteiger partial charge in [0.2, 0.25) is 0 Å². The Labute approximate surface area is 231 Å². The maximum Gasteiger partial charge on any atom is 0.167 e. The highest BCUT2D eigenvalue weighted by molar-refractivity contribution is 6.33. The van der Waals surface area contributed by atoms with Crippen molar-refractivity contribution in [3.8, 4) is 22.6 Å². The van der Waals surface area contributed by atoms with Gasteiger partial charge in [-0.3, -0.25) is 0 Å². The fourth-order valence-electron chi connectivity index (χ4n) is 5.09. The zero-order chi connectivity index (χ0) is 27.7. The van der Waals surface area contributed by atoms with Crippen LogP contribution in [0.2, 0.25) is 5.02 Å². The third-order valence-corrected chi connectivity index (χ3v) is 7.60. The fourth-order valence-corrected chi connectivity index (χ4v) is 5.29. The van der Waals surface area contributed by atoms with Crippen LogP contribution in [0.15, 0.2) is 53.8 Å². The lowest BCUT2D eigenvalue weighted by Crippen LogP contribution is -2.33. The van der Waals surface area contributed by atoms with Crippen molar-refractivity contribution in [2.24, 2.45) is 16.5 Å². The molecule has 39 heavy (non-hydrogen) atoms. The zero-order valence-corrected chi connectivity index (χ0v) is 22.7. The molecule has 0 aliphatic heterocycles. The molecule has 0 amide bonds. The summed E-state index contributed by atoms with van der Waals surface area (Å²) < 4.78 is 21.3. The van der Waals surface area contributed by atoms with E-state index < -0.39 is 11.6 Å². The van der Waals surface area contributed by atoms with Crippen LogP contribution >= 0.6 is 11.6 Å². The summed E-state index contributed by atoms with van der Waals surface area (Å²) >= 11 is 6.21. The lowest BCUT2D eigenvalue weighted by atomic mass is 9.91. The number of fused-ring (bicyclic) bond motifs is 1. The Bertz CT molecular complexity index is 1540. The molecule has 1 aliphatic carbocycles. The number of nitrogens with two attached hydrogens (primary N) is 2. The van der Waals surface area contributed by atoms with E-state index in [4.69, 9.17) is 27.8 Å². The van der Waals surface area contributed by atoms with Gasteiger partial charge in [-0.05, 0) is 61.4 Å². The minimum atomic E-state index is -0.834. The number of amidine groups is 1. The predicted octanol–water partition coefficient (Wildman–Crippen LogP) is 5.79. The number of aliphatic imine (C=N–C) groups is 1. The fraction of sp³-hybridized carbons (Fsp3) is 0.310. The molecule has 6 N–H and O–H groups in total. The highest BCUT2D eigenvalue weighted by Crippen LogP contribution is 2.35. The van der Waals surface area contributed by atoms with Gasteiger partial charge >= 0.3 is 0 Å². The Kier molecular flexibility index (Phi) is 7.63. The van der Waals surface area contributed by atoms with Gasteiger partial charge in [0.25, 0.3) is 0 Å². The number of benzene rings is 2. The van der Waals surface area contributed by atoms with E-state index >= 15 is 0 Å². The summed E-state index contributed by atoms with van der Waals surface area (Å²) in [6.07, 6.45) is 8.18. The lowest BCUT2D eigenvalue weighted by molar-refractivity contribution is 0.411. The first-order valence-electron chi connectivity index (χ1n) is 13.0. The van der Waals surface area contributed by atoms with Gasteiger partial charge in [0.1, 0.15) is 11.6 Å². The molecule has 0 unspecified atom stereocenters. The highest BCUT2D eigenvalue weighted by atomic mass is 35.5. The van der Waals surface area contributed by atoms with Crippen LogP contribution in [-0.4, -0.2) is 39.7 Å². The number of halogens is 2. The molecule has 5 rings (SSSR count). The minimum Gasteiger partial charge on any atom is -0.505 e. The van der Waals surface area contributed by atoms with Crippen LogP contribution in [0.3, 0.4) is 0 Å². The van der Waals surface area contributed by atoms with Crippen molar-refractivity contribution in [1.29, 1.82) is 0 Å². The largest absolute Gasteiger partial charge is 0.505 e. The van der Waals surface area contributed by atoms with E-state index in [1.54, 1.807) is 13.3 Å². The number of methoxy groups -OCH3 is 1. The number of aryl methyl sites for hydroxylation is 1. The van der Waals surface area contributed by atoms with E-state index in [0.29, 0.717) is 5.56 Å². The summed E-state index contributed by atoms with van der Waals surface area (Å²) in [6, 6.07) is 10.7. The number of anilines is 1. The summed E-state index contributed by atoms with van der Waals surface area (Å²) in [5.41, 5.74) is 18.2. The van der Waals surface area contributed by atoms with Crippen LogP contribution in [0, 0.1) is 5.82 Å². The van der Waals surface area contributed by atoms with Gasteiger partial charge in [0.15, 0.2) is 11.6 Å². The van der Waals surface area contributed by atoms with Crippen LogP contribution < -0.4 is 21.5 Å². The smallest absolute Gasteiger partial charge is 0.167 e. The van der Waals surface area contributed by atoms with Gasteiger partial charge in [-0.15, -0.1) is 0 Å². The van der Waals surface area contributed by atoms with E-state index in [0.717, 1.165) is 77.9 Å². The first-order chi connectivity index (χ1) is 18.8. The van der Waals surface area contributed by atoms with E-state index in [-0.39, 0.29) is 28.6 Å². The Morgan fingerprint density at radius 1 is 1.23 bits per heavy atom. The van der Waals surface area contributed by atoms with Crippen molar-refractivity contribution in [3.63, 3.8) is 0 Å². The molecule has 1 saturated carbocycles. The Morgan fingerprint density at radius 2 is 2.00 bits per heavy atom. The monoisotopic (exact) mass is 550 g/mol. The summed E-state index contributed by atoms with van der Waals surface area (Å²) in [7, 11) is 1.66. The molecule has 1 aliphatic rings. The lowest BCUT2D eigenvalue weighted by Gasteiger charge is -2.28. The van der Waals surface area contributed by atoms with Crippen molar-refractivity contribution in [1.82, 2.24) is 9.61 Å². The normalized spacial score (nSPS) is 17.9. The molecule has 2 aromatic heterocycles. The number of hydrogen-bond donors (Lipinski definition) is 4. The summed E-state index contributed by atoms with van der Waals surface area (Å²) in [6.45, 7) is 2.11. The minimum absolute atomic E-state index is 0.0817. The second-order valence-electron chi connectivity index (χ2n) is 9.88. The first kappa shape index (κ1) is 26.8. The maximum absolute atomic E-state index is 14.0. The second-order valence-corrected chi connectivity index (χ2v) is 10.3. The SMILES string of the molecule is CCc1cc(OC)ccc1-c1cc2c(NC3CCC(N)CC3)c(C(N)=Nc3cc(F)c(O)cc3Cl)cnn2c1. The quantitative estimate of drug-likeness (QED) is 0.171. The standard InChI is InChI=1S/C29H32ClFN6O2/c1-3-16-10-20(39-2)8-9-21(16)17-11-26-28(35-19-6-4-18(32)5-7-19)22(14-34-37(26)15-17)29(33)36-25-13-24(31)27(38)12-23(25)30/h8-15,18-19,35,38H,3-7,32H2,1-2H3,(H2,33,36). The van der Waals surface area contributed by atoms with Gasteiger partial charge in [-0.1, -0.05) is 24.6 Å². The molecule has 0 atom stereocenters. The molecule has 2 heterocycles. The Balaban J connectivity index is 1.63. The van der Waals surface area contributed by atoms with E-state index in [2.05, 4.69) is 34.5 Å². The number of nitrogens with zero attached hydrogens (tertiary/aromatic N) is 3. The molecule has 10 heteroatoms. The highest BCUT2D eigenvalue weighted by Gasteiger charge is 2.23. The van der Waals surface area contributed by atoms with E-state index in [9.17, 15) is 9.50 Å². The Morgan fingerprint density at radius 3 is 2.72 bits per heavy atom. The molecule has 0 saturated heterocycles. The number of nitrogens with one attached hydrogen (secondary N) is 1. The first-order valence-corrected chi connectivity index (χ1v) is 13.4. The van der Waals surface area contributed by atoms with Crippen LogP contribution in [0.1, 0.15) is 43.7 Å². The molecule has 4 aromatic rings. The average molecular weight is 551 g/mol. The third-order valence-electron chi connectivity index (χ3n) is 7.29. The number of phenols is 1.